The maximum Gasteiger partial charge on any atom is 0.179 e. The van der Waals surface area contributed by atoms with E-state index in [2.05, 4.69) is 21.5 Å². The number of imidazole rings is 1. The van der Waals surface area contributed by atoms with Crippen molar-refractivity contribution in [2.45, 2.75) is 25.8 Å². The van der Waals surface area contributed by atoms with Crippen LogP contribution in [0.5, 0.6) is 0 Å². The van der Waals surface area contributed by atoms with Crippen molar-refractivity contribution in [1.29, 1.82) is 0 Å². The summed E-state index contributed by atoms with van der Waals surface area (Å²) in [5.41, 5.74) is 3.11. The van der Waals surface area contributed by atoms with E-state index in [1.807, 2.05) is 12.3 Å². The maximum absolute atomic E-state index is 11.4. The molecular weight excluding hydrogens is 266 g/mol. The van der Waals surface area contributed by atoms with Gasteiger partial charge < -0.3 is 4.98 Å². The third-order valence-corrected chi connectivity index (χ3v) is 5.22. The van der Waals surface area contributed by atoms with Gasteiger partial charge in [0.15, 0.2) is 10.4 Å². The molecule has 18 heavy (non-hydrogen) atoms. The summed E-state index contributed by atoms with van der Waals surface area (Å²) in [6.07, 6.45) is 3.66. The molecule has 3 rings (SSSR count). The van der Waals surface area contributed by atoms with E-state index in [0.717, 1.165) is 45.8 Å². The SMILES string of the molecule is Cc1ccnc2c1[nH]c(=S)n2C1CCS(=O)CC1. The number of hydrogen-bond acceptors (Lipinski definition) is 3. The Kier molecular flexibility index (Phi) is 3.07. The summed E-state index contributed by atoms with van der Waals surface area (Å²) in [5, 5.41) is 0. The molecule has 1 saturated heterocycles. The van der Waals surface area contributed by atoms with Crippen molar-refractivity contribution in [3.8, 4) is 0 Å². The largest absolute Gasteiger partial charge is 0.329 e. The van der Waals surface area contributed by atoms with E-state index >= 15 is 0 Å². The van der Waals surface area contributed by atoms with E-state index in [4.69, 9.17) is 12.2 Å². The van der Waals surface area contributed by atoms with E-state index in [1.165, 1.54) is 0 Å². The van der Waals surface area contributed by atoms with Crippen molar-refractivity contribution >= 4 is 34.2 Å². The van der Waals surface area contributed by atoms with Crippen LogP contribution < -0.4 is 0 Å². The molecule has 6 heteroatoms. The Balaban J connectivity index is 2.12. The number of aromatic nitrogens is 3. The van der Waals surface area contributed by atoms with E-state index in [-0.39, 0.29) is 0 Å². The molecule has 1 fully saturated rings. The van der Waals surface area contributed by atoms with Crippen LogP contribution in [-0.4, -0.2) is 30.2 Å². The Morgan fingerprint density at radius 1 is 1.50 bits per heavy atom. The molecule has 96 valence electrons. The highest BCUT2D eigenvalue weighted by Crippen LogP contribution is 2.27. The molecule has 3 heterocycles. The van der Waals surface area contributed by atoms with Crippen LogP contribution in [0.15, 0.2) is 12.3 Å². The summed E-state index contributed by atoms with van der Waals surface area (Å²) in [7, 11) is -0.645. The van der Waals surface area contributed by atoms with Crippen LogP contribution in [-0.2, 0) is 10.8 Å². The molecule has 4 nitrogen and oxygen atoms in total. The highest BCUT2D eigenvalue weighted by molar-refractivity contribution is 7.85. The van der Waals surface area contributed by atoms with Gasteiger partial charge in [-0.25, -0.2) is 4.98 Å². The van der Waals surface area contributed by atoms with Crippen molar-refractivity contribution in [2.75, 3.05) is 11.5 Å². The number of aromatic amines is 1. The smallest absolute Gasteiger partial charge is 0.179 e. The highest BCUT2D eigenvalue weighted by atomic mass is 32.2. The maximum atomic E-state index is 11.4. The van der Waals surface area contributed by atoms with Crippen LogP contribution in [0.1, 0.15) is 24.4 Å². The molecule has 1 aliphatic heterocycles. The predicted molar refractivity (Wildman–Crippen MR) is 75.8 cm³/mol. The number of pyridine rings is 1. The minimum atomic E-state index is -0.645. The molecule has 2 aromatic rings. The third kappa shape index (κ3) is 1.93. The van der Waals surface area contributed by atoms with Crippen LogP contribution in [0.2, 0.25) is 0 Å². The molecule has 1 aliphatic rings. The lowest BCUT2D eigenvalue weighted by Crippen LogP contribution is -2.22. The predicted octanol–water partition coefficient (Wildman–Crippen LogP) is 2.49. The molecule has 0 aliphatic carbocycles. The number of hydrogen-bond donors (Lipinski definition) is 1. The van der Waals surface area contributed by atoms with Crippen LogP contribution in [0.3, 0.4) is 0 Å². The zero-order valence-electron chi connectivity index (χ0n) is 10.2. The standard InChI is InChI=1S/C12H15N3OS2/c1-8-2-5-13-11-10(8)14-12(17)15(11)9-3-6-18(16)7-4-9/h2,5,9H,3-4,6-7H2,1H3,(H,14,17). The Hall–Kier alpha value is -1.01. The molecular formula is C12H15N3OS2. The van der Waals surface area contributed by atoms with Crippen LogP contribution in [0.25, 0.3) is 11.2 Å². The summed E-state index contributed by atoms with van der Waals surface area (Å²) < 4.78 is 14.3. The summed E-state index contributed by atoms with van der Waals surface area (Å²) in [6, 6.07) is 2.31. The fraction of sp³-hybridized carbons (Fsp3) is 0.500. The first-order chi connectivity index (χ1) is 8.66. The topological polar surface area (TPSA) is 50.7 Å². The third-order valence-electron chi connectivity index (χ3n) is 3.54. The molecule has 0 saturated carbocycles. The van der Waals surface area contributed by atoms with Gasteiger partial charge in [0.2, 0.25) is 0 Å². The lowest BCUT2D eigenvalue weighted by Gasteiger charge is -2.22. The molecule has 0 bridgehead atoms. The first-order valence-electron chi connectivity index (χ1n) is 6.07. The molecule has 0 unspecified atom stereocenters. The Labute approximate surface area is 113 Å². The second-order valence-corrected chi connectivity index (χ2v) is 6.79. The van der Waals surface area contributed by atoms with Gasteiger partial charge in [-0.2, -0.15) is 0 Å². The van der Waals surface area contributed by atoms with Gasteiger partial charge in [-0.3, -0.25) is 8.78 Å². The summed E-state index contributed by atoms with van der Waals surface area (Å²) in [4.78, 5) is 7.69. The van der Waals surface area contributed by atoms with Crippen molar-refractivity contribution in [1.82, 2.24) is 14.5 Å². The minimum absolute atomic E-state index is 0.332. The summed E-state index contributed by atoms with van der Waals surface area (Å²) in [6.45, 7) is 2.05. The number of H-pyrrole nitrogens is 1. The minimum Gasteiger partial charge on any atom is -0.329 e. The Morgan fingerprint density at radius 3 is 2.94 bits per heavy atom. The Bertz CT molecular complexity index is 664. The van der Waals surface area contributed by atoms with Gasteiger partial charge >= 0.3 is 0 Å². The van der Waals surface area contributed by atoms with Crippen molar-refractivity contribution in [3.63, 3.8) is 0 Å². The van der Waals surface area contributed by atoms with Gasteiger partial charge in [0, 0.05) is 34.5 Å². The quantitative estimate of drug-likeness (QED) is 0.817. The lowest BCUT2D eigenvalue weighted by molar-refractivity contribution is 0.466. The number of nitrogens with one attached hydrogen (secondary N) is 1. The van der Waals surface area contributed by atoms with Crippen LogP contribution in [0.4, 0.5) is 0 Å². The zero-order chi connectivity index (χ0) is 12.7. The fourth-order valence-corrected chi connectivity index (χ4v) is 4.13. The molecule has 0 radical (unpaired) electrons. The molecule has 0 aromatic carbocycles. The summed E-state index contributed by atoms with van der Waals surface area (Å²) in [5.74, 6) is 1.54. The zero-order valence-corrected chi connectivity index (χ0v) is 11.8. The first kappa shape index (κ1) is 12.0. The second-order valence-electron chi connectivity index (χ2n) is 4.71. The Morgan fingerprint density at radius 2 is 2.22 bits per heavy atom. The normalized spacial score (nSPS) is 24.5. The number of aryl methyl sites for hydroxylation is 1. The average Bonchev–Trinajstić information content (AvgIpc) is 2.69. The molecule has 0 amide bonds. The van der Waals surface area contributed by atoms with Gasteiger partial charge in [-0.1, -0.05) is 0 Å². The number of nitrogens with zero attached hydrogens (tertiary/aromatic N) is 2. The van der Waals surface area contributed by atoms with Gasteiger partial charge in [0.25, 0.3) is 0 Å². The van der Waals surface area contributed by atoms with E-state index in [0.29, 0.717) is 6.04 Å². The van der Waals surface area contributed by atoms with E-state index in [1.54, 1.807) is 0 Å². The van der Waals surface area contributed by atoms with Gasteiger partial charge in [-0.15, -0.1) is 0 Å². The van der Waals surface area contributed by atoms with Gasteiger partial charge in [0.1, 0.15) is 0 Å². The van der Waals surface area contributed by atoms with E-state index in [9.17, 15) is 4.21 Å². The summed E-state index contributed by atoms with van der Waals surface area (Å²) >= 11 is 5.41. The molecule has 1 N–H and O–H groups in total. The molecule has 0 spiro atoms. The fourth-order valence-electron chi connectivity index (χ4n) is 2.52. The van der Waals surface area contributed by atoms with Crippen molar-refractivity contribution in [3.05, 3.63) is 22.6 Å². The highest BCUT2D eigenvalue weighted by Gasteiger charge is 2.22. The number of fused-ring (bicyclic) bond motifs is 1. The lowest BCUT2D eigenvalue weighted by atomic mass is 10.1. The van der Waals surface area contributed by atoms with Crippen LogP contribution in [0, 0.1) is 11.7 Å². The number of rotatable bonds is 1. The molecule has 0 atom stereocenters. The molecule has 2 aromatic heterocycles. The van der Waals surface area contributed by atoms with Crippen molar-refractivity contribution in [2.24, 2.45) is 0 Å². The van der Waals surface area contributed by atoms with Gasteiger partial charge in [0.05, 0.1) is 5.52 Å². The van der Waals surface area contributed by atoms with Crippen molar-refractivity contribution < 1.29 is 4.21 Å². The second kappa shape index (κ2) is 4.59. The van der Waals surface area contributed by atoms with E-state index < -0.39 is 10.8 Å². The van der Waals surface area contributed by atoms with Gasteiger partial charge in [-0.05, 0) is 43.6 Å². The average molecular weight is 281 g/mol. The first-order valence-corrected chi connectivity index (χ1v) is 7.97. The van der Waals surface area contributed by atoms with Crippen LogP contribution >= 0.6 is 12.2 Å². The monoisotopic (exact) mass is 281 g/mol.